The van der Waals surface area contributed by atoms with Crippen LogP contribution < -0.4 is 21.4 Å². The highest BCUT2D eigenvalue weighted by Crippen LogP contribution is 2.24. The van der Waals surface area contributed by atoms with Crippen LogP contribution in [0.25, 0.3) is 0 Å². The molecule has 5 atom stereocenters. The number of aliphatic hydroxyl groups is 1. The second-order valence-corrected chi connectivity index (χ2v) is 10.9. The second-order valence-electron chi connectivity index (χ2n) is 10.9. The lowest BCUT2D eigenvalue weighted by Gasteiger charge is -2.26. The number of aliphatic hydroxyl groups excluding tert-OH is 1. The molecule has 1 unspecified atom stereocenters. The van der Waals surface area contributed by atoms with Crippen molar-refractivity contribution in [1.82, 2.24) is 26.4 Å². The Balaban J connectivity index is 1.48. The van der Waals surface area contributed by atoms with Crippen molar-refractivity contribution in [2.75, 3.05) is 19.6 Å². The Kier molecular flexibility index (Phi) is 12.8. The molecule has 0 radical (unpaired) electrons. The van der Waals surface area contributed by atoms with Crippen LogP contribution in [0, 0.1) is 5.92 Å². The third kappa shape index (κ3) is 10.4. The van der Waals surface area contributed by atoms with Gasteiger partial charge in [0.1, 0.15) is 12.6 Å². The van der Waals surface area contributed by atoms with E-state index in [2.05, 4.69) is 21.4 Å². The first-order chi connectivity index (χ1) is 21.0. The molecule has 1 aliphatic rings. The number of aryl methyl sites for hydroxylation is 1. The van der Waals surface area contributed by atoms with E-state index in [-0.39, 0.29) is 12.5 Å². The van der Waals surface area contributed by atoms with Crippen LogP contribution in [0.1, 0.15) is 44.4 Å². The third-order valence-electron chi connectivity index (χ3n) is 7.00. The fraction of sp³-hybridized carbons (Fsp3) is 0.452. The molecule has 6 N–H and O–H groups in total. The van der Waals surface area contributed by atoms with Gasteiger partial charge in [-0.25, -0.2) is 5.01 Å². The molecule has 44 heavy (non-hydrogen) atoms. The van der Waals surface area contributed by atoms with Crippen molar-refractivity contribution in [2.45, 2.75) is 64.0 Å². The van der Waals surface area contributed by atoms with Crippen molar-refractivity contribution in [3.05, 3.63) is 71.8 Å². The van der Waals surface area contributed by atoms with E-state index in [4.69, 9.17) is 4.74 Å². The lowest BCUT2D eigenvalue weighted by atomic mass is 10.0. The maximum Gasteiger partial charge on any atom is 0.325 e. The summed E-state index contributed by atoms with van der Waals surface area (Å²) >= 11 is 0. The monoisotopic (exact) mass is 611 g/mol. The van der Waals surface area contributed by atoms with E-state index in [9.17, 15) is 34.2 Å². The number of epoxide rings is 1. The summed E-state index contributed by atoms with van der Waals surface area (Å²) in [5.74, 6) is -4.36. The van der Waals surface area contributed by atoms with Gasteiger partial charge < -0.3 is 30.9 Å². The van der Waals surface area contributed by atoms with Crippen LogP contribution in [0.4, 0.5) is 0 Å². The van der Waals surface area contributed by atoms with Gasteiger partial charge in [0.2, 0.25) is 5.91 Å². The SMILES string of the molecule is CC(C)[C@H](NCCCc1ccccc1)C(=O)N[C@@H](C)C(=O)NN(CC(=O)O)C(=O)[C@H]1O[C@@H]1C(=O)NCC(O)c1ccccc1. The summed E-state index contributed by atoms with van der Waals surface area (Å²) in [6.45, 7) is 4.70. The molecular formula is C31H41N5O8. The van der Waals surface area contributed by atoms with Crippen molar-refractivity contribution in [1.29, 1.82) is 0 Å². The van der Waals surface area contributed by atoms with E-state index < -0.39 is 66.5 Å². The van der Waals surface area contributed by atoms with Crippen molar-refractivity contribution >= 4 is 29.6 Å². The Morgan fingerprint density at radius 2 is 1.55 bits per heavy atom. The molecule has 13 heteroatoms. The molecule has 1 aliphatic heterocycles. The number of carbonyl (C=O) groups is 5. The van der Waals surface area contributed by atoms with Gasteiger partial charge in [-0.05, 0) is 43.4 Å². The van der Waals surface area contributed by atoms with E-state index in [0.29, 0.717) is 17.1 Å². The number of hydrazine groups is 1. The van der Waals surface area contributed by atoms with Gasteiger partial charge in [-0.1, -0.05) is 74.5 Å². The van der Waals surface area contributed by atoms with Crippen LogP contribution >= 0.6 is 0 Å². The molecule has 0 bridgehead atoms. The number of nitrogens with zero attached hydrogens (tertiary/aromatic N) is 1. The number of carboxylic acids is 1. The highest BCUT2D eigenvalue weighted by molar-refractivity contribution is 5.97. The van der Waals surface area contributed by atoms with Gasteiger partial charge in [0.15, 0.2) is 12.2 Å². The molecule has 3 rings (SSSR count). The zero-order chi connectivity index (χ0) is 32.2. The average molecular weight is 612 g/mol. The van der Waals surface area contributed by atoms with Crippen molar-refractivity contribution in [3.8, 4) is 0 Å². The Labute approximate surface area is 256 Å². The highest BCUT2D eigenvalue weighted by atomic mass is 16.6. The number of hydrogen-bond donors (Lipinski definition) is 6. The minimum atomic E-state index is -1.41. The van der Waals surface area contributed by atoms with Crippen LogP contribution in [0.5, 0.6) is 0 Å². The van der Waals surface area contributed by atoms with Gasteiger partial charge in [-0.2, -0.15) is 0 Å². The van der Waals surface area contributed by atoms with Gasteiger partial charge in [0.25, 0.3) is 17.7 Å². The molecule has 2 aromatic rings. The number of carboxylic acid groups (broad SMARTS) is 1. The number of benzene rings is 2. The third-order valence-corrected chi connectivity index (χ3v) is 7.00. The van der Waals surface area contributed by atoms with Crippen LogP contribution in [-0.2, 0) is 35.1 Å². The molecule has 2 aromatic carbocycles. The van der Waals surface area contributed by atoms with E-state index >= 15 is 0 Å². The van der Waals surface area contributed by atoms with E-state index in [1.807, 2.05) is 44.2 Å². The molecule has 1 fully saturated rings. The summed E-state index contributed by atoms with van der Waals surface area (Å²) < 4.78 is 5.17. The number of rotatable bonds is 16. The summed E-state index contributed by atoms with van der Waals surface area (Å²) in [6.07, 6.45) is -1.87. The largest absolute Gasteiger partial charge is 0.480 e. The van der Waals surface area contributed by atoms with E-state index in [1.165, 1.54) is 12.5 Å². The molecular weight excluding hydrogens is 570 g/mol. The Morgan fingerprint density at radius 3 is 2.16 bits per heavy atom. The van der Waals surface area contributed by atoms with Gasteiger partial charge in [-0.3, -0.25) is 29.4 Å². The number of nitrogens with one attached hydrogen (secondary N) is 4. The highest BCUT2D eigenvalue weighted by Gasteiger charge is 2.52. The first-order valence-corrected chi connectivity index (χ1v) is 14.6. The minimum Gasteiger partial charge on any atom is -0.480 e. The fourth-order valence-electron chi connectivity index (χ4n) is 4.48. The predicted octanol–water partition coefficient (Wildman–Crippen LogP) is 0.300. The van der Waals surface area contributed by atoms with Crippen molar-refractivity contribution in [2.24, 2.45) is 5.92 Å². The number of aliphatic carboxylic acids is 1. The Morgan fingerprint density at radius 1 is 0.909 bits per heavy atom. The quantitative estimate of drug-likeness (QED) is 0.0881. The first kappa shape index (κ1) is 34.2. The van der Waals surface area contributed by atoms with Crippen LogP contribution in [-0.4, -0.2) is 88.7 Å². The standard InChI is InChI=1S/C31H41N5O8/c1-19(2)25(32-16-10-13-21-11-6-4-7-12-21)29(41)34-20(3)28(40)35-36(18-24(38)39)31(43)27-26(44-27)30(42)33-17-23(37)22-14-8-5-9-15-22/h4-9,11-12,14-15,19-20,23,25-27,32,37H,10,13,16-18H2,1-3H3,(H,33,42)(H,34,41)(H,35,40)(H,38,39)/t20-,23?,25-,26-,27-/m0/s1. The van der Waals surface area contributed by atoms with Crippen molar-refractivity contribution < 1.29 is 38.9 Å². The first-order valence-electron chi connectivity index (χ1n) is 14.6. The van der Waals surface area contributed by atoms with Crippen molar-refractivity contribution in [3.63, 3.8) is 0 Å². The molecule has 1 saturated heterocycles. The van der Waals surface area contributed by atoms with Gasteiger partial charge in [-0.15, -0.1) is 0 Å². The zero-order valence-corrected chi connectivity index (χ0v) is 25.1. The van der Waals surface area contributed by atoms with Gasteiger partial charge in [0, 0.05) is 6.54 Å². The summed E-state index contributed by atoms with van der Waals surface area (Å²) in [5, 5.41) is 28.4. The smallest absolute Gasteiger partial charge is 0.325 e. The van der Waals surface area contributed by atoms with E-state index in [0.717, 1.165) is 12.8 Å². The Hall–Kier alpha value is -4.33. The molecule has 238 valence electrons. The number of ether oxygens (including phenoxy) is 1. The average Bonchev–Trinajstić information content (AvgIpc) is 3.80. The topological polar surface area (TPSA) is 190 Å². The molecule has 13 nitrogen and oxygen atoms in total. The lowest BCUT2D eigenvalue weighted by Crippen LogP contribution is -2.58. The molecule has 0 spiro atoms. The maximum absolute atomic E-state index is 13.0. The number of carbonyl (C=O) groups excluding carboxylic acids is 4. The van der Waals surface area contributed by atoms with E-state index in [1.54, 1.807) is 30.3 Å². The molecule has 1 heterocycles. The van der Waals surface area contributed by atoms with Gasteiger partial charge >= 0.3 is 5.97 Å². The van der Waals surface area contributed by atoms with Gasteiger partial charge in [0.05, 0.1) is 12.1 Å². The Bertz CT molecular complexity index is 1280. The summed E-state index contributed by atoms with van der Waals surface area (Å²) in [5.41, 5.74) is 4.00. The molecule has 0 aliphatic carbocycles. The summed E-state index contributed by atoms with van der Waals surface area (Å²) in [6, 6.07) is 16.9. The number of hydrogen-bond acceptors (Lipinski definition) is 8. The minimum absolute atomic E-state index is 0.0871. The zero-order valence-electron chi connectivity index (χ0n) is 25.1. The normalized spacial score (nSPS) is 17.6. The van der Waals surface area contributed by atoms with Crippen LogP contribution in [0.15, 0.2) is 60.7 Å². The second kappa shape index (κ2) is 16.5. The molecule has 0 aromatic heterocycles. The van der Waals surface area contributed by atoms with Crippen LogP contribution in [0.2, 0.25) is 0 Å². The molecule has 0 saturated carbocycles. The number of amides is 4. The fourth-order valence-corrected chi connectivity index (χ4v) is 4.48. The predicted molar refractivity (Wildman–Crippen MR) is 160 cm³/mol. The lowest BCUT2D eigenvalue weighted by molar-refractivity contribution is -0.151. The van der Waals surface area contributed by atoms with Crippen LogP contribution in [0.3, 0.4) is 0 Å². The summed E-state index contributed by atoms with van der Waals surface area (Å²) in [7, 11) is 0. The maximum atomic E-state index is 13.0. The molecule has 4 amide bonds. The summed E-state index contributed by atoms with van der Waals surface area (Å²) in [4.78, 5) is 62.7.